The highest BCUT2D eigenvalue weighted by Gasteiger charge is 2.21. The first-order valence-corrected chi connectivity index (χ1v) is 10.3. The number of halogens is 2. The quantitative estimate of drug-likeness (QED) is 0.386. The van der Waals surface area contributed by atoms with Crippen molar-refractivity contribution >= 4 is 45.8 Å². The van der Waals surface area contributed by atoms with Gasteiger partial charge in [-0.25, -0.2) is 0 Å². The molecule has 4 aromatic rings. The monoisotopic (exact) mass is 469 g/mol. The molecule has 0 bridgehead atoms. The van der Waals surface area contributed by atoms with Gasteiger partial charge in [0.15, 0.2) is 18.0 Å². The molecule has 1 heterocycles. The van der Waals surface area contributed by atoms with Crippen LogP contribution in [0.3, 0.4) is 0 Å². The fraction of sp³-hybridized carbons (Fsp3) is 0.0833. The number of para-hydroxylation sites is 2. The van der Waals surface area contributed by atoms with Gasteiger partial charge in [-0.3, -0.25) is 9.59 Å². The summed E-state index contributed by atoms with van der Waals surface area (Å²) in [6.45, 7) is -0.428. The number of rotatable bonds is 6. The summed E-state index contributed by atoms with van der Waals surface area (Å²) in [7, 11) is 1.50. The van der Waals surface area contributed by atoms with Crippen LogP contribution in [0.5, 0.6) is 11.5 Å². The molecule has 0 saturated heterocycles. The highest BCUT2D eigenvalue weighted by Crippen LogP contribution is 2.35. The van der Waals surface area contributed by atoms with Crippen LogP contribution in [0.2, 0.25) is 10.0 Å². The summed E-state index contributed by atoms with van der Waals surface area (Å²) in [4.78, 5) is 25.8. The molecule has 8 heteroatoms. The van der Waals surface area contributed by atoms with E-state index in [4.69, 9.17) is 37.1 Å². The van der Waals surface area contributed by atoms with Crippen molar-refractivity contribution in [1.82, 2.24) is 0 Å². The number of benzene rings is 3. The van der Waals surface area contributed by atoms with Crippen molar-refractivity contribution in [3.05, 3.63) is 87.0 Å². The first-order valence-electron chi connectivity index (χ1n) is 9.55. The lowest BCUT2D eigenvalue weighted by atomic mass is 10.1. The van der Waals surface area contributed by atoms with Crippen molar-refractivity contribution in [3.8, 4) is 22.8 Å². The number of amides is 1. The van der Waals surface area contributed by atoms with E-state index in [1.165, 1.54) is 19.2 Å². The molecule has 6 nitrogen and oxygen atoms in total. The van der Waals surface area contributed by atoms with Crippen molar-refractivity contribution < 1.29 is 18.7 Å². The predicted octanol–water partition coefficient (Wildman–Crippen LogP) is 5.79. The van der Waals surface area contributed by atoms with Crippen LogP contribution in [0, 0.1) is 0 Å². The van der Waals surface area contributed by atoms with Crippen LogP contribution < -0.4 is 20.2 Å². The lowest BCUT2D eigenvalue weighted by Gasteiger charge is -2.13. The van der Waals surface area contributed by atoms with Crippen LogP contribution in [-0.2, 0) is 4.79 Å². The second-order valence-electron chi connectivity index (χ2n) is 6.76. The first kappa shape index (κ1) is 21.7. The minimum atomic E-state index is -0.486. The maximum atomic E-state index is 13.2. The summed E-state index contributed by atoms with van der Waals surface area (Å²) in [6, 6.07) is 18.8. The summed E-state index contributed by atoms with van der Waals surface area (Å²) < 4.78 is 16.9. The van der Waals surface area contributed by atoms with Crippen LogP contribution in [0.15, 0.2) is 75.9 Å². The molecule has 162 valence electrons. The van der Waals surface area contributed by atoms with Gasteiger partial charge < -0.3 is 19.2 Å². The molecule has 4 rings (SSSR count). The van der Waals surface area contributed by atoms with E-state index in [1.807, 2.05) is 6.07 Å². The molecule has 0 aliphatic heterocycles. The highest BCUT2D eigenvalue weighted by atomic mass is 35.5. The van der Waals surface area contributed by atoms with Gasteiger partial charge in [-0.15, -0.1) is 0 Å². The number of hydrogen-bond donors (Lipinski definition) is 1. The lowest BCUT2D eigenvalue weighted by molar-refractivity contribution is -0.118. The van der Waals surface area contributed by atoms with Gasteiger partial charge in [-0.05, 0) is 24.3 Å². The lowest BCUT2D eigenvalue weighted by Crippen LogP contribution is -2.23. The molecule has 0 spiro atoms. The normalized spacial score (nSPS) is 10.7. The Labute approximate surface area is 193 Å². The van der Waals surface area contributed by atoms with Gasteiger partial charge in [-0.1, -0.05) is 65.7 Å². The molecule has 3 aromatic carbocycles. The van der Waals surface area contributed by atoms with Crippen molar-refractivity contribution in [2.45, 2.75) is 0 Å². The topological polar surface area (TPSA) is 77.8 Å². The van der Waals surface area contributed by atoms with Gasteiger partial charge in [-0.2, -0.15) is 0 Å². The average Bonchev–Trinajstić information content (AvgIpc) is 2.79. The van der Waals surface area contributed by atoms with E-state index in [1.54, 1.807) is 48.5 Å². The Morgan fingerprint density at radius 1 is 1.03 bits per heavy atom. The van der Waals surface area contributed by atoms with Gasteiger partial charge in [0.2, 0.25) is 11.2 Å². The Morgan fingerprint density at radius 2 is 1.75 bits per heavy atom. The zero-order valence-corrected chi connectivity index (χ0v) is 18.4. The standard InChI is InChI=1S/C24H17Cl2NO5/c1-30-19-10-6-5-9-18(19)27-20(28)13-31-24-21(29)16-11-15(25)12-17(26)23(16)32-22(24)14-7-3-2-4-8-14/h2-12H,13H2,1H3,(H,27,28). The molecule has 0 radical (unpaired) electrons. The van der Waals surface area contributed by atoms with E-state index in [0.29, 0.717) is 17.0 Å². The van der Waals surface area contributed by atoms with E-state index >= 15 is 0 Å². The Kier molecular flexibility index (Phi) is 6.35. The van der Waals surface area contributed by atoms with Crippen molar-refractivity contribution in [3.63, 3.8) is 0 Å². The fourth-order valence-corrected chi connectivity index (χ4v) is 3.72. The molecule has 0 aliphatic carbocycles. The number of nitrogens with one attached hydrogen (secondary N) is 1. The van der Waals surface area contributed by atoms with Gasteiger partial charge in [0.25, 0.3) is 5.91 Å². The number of anilines is 1. The van der Waals surface area contributed by atoms with Gasteiger partial charge in [0.05, 0.1) is 23.2 Å². The Bertz CT molecular complexity index is 1350. The Balaban J connectivity index is 1.71. The second kappa shape index (κ2) is 9.34. The van der Waals surface area contributed by atoms with Crippen LogP contribution >= 0.6 is 23.2 Å². The average molecular weight is 470 g/mol. The van der Waals surface area contributed by atoms with Crippen LogP contribution in [0.25, 0.3) is 22.3 Å². The van der Waals surface area contributed by atoms with Crippen molar-refractivity contribution in [2.75, 3.05) is 19.0 Å². The summed E-state index contributed by atoms with van der Waals surface area (Å²) in [5.74, 6) is 0.0760. The Morgan fingerprint density at radius 3 is 2.50 bits per heavy atom. The largest absolute Gasteiger partial charge is 0.495 e. The first-order chi connectivity index (χ1) is 15.5. The third-order valence-corrected chi connectivity index (χ3v) is 5.13. The van der Waals surface area contributed by atoms with Crippen LogP contribution in [0.1, 0.15) is 0 Å². The molecule has 1 amide bonds. The third kappa shape index (κ3) is 4.42. The smallest absolute Gasteiger partial charge is 0.262 e. The van der Waals surface area contributed by atoms with E-state index in [0.717, 1.165) is 0 Å². The number of fused-ring (bicyclic) bond motifs is 1. The number of methoxy groups -OCH3 is 1. The van der Waals surface area contributed by atoms with Gasteiger partial charge in [0, 0.05) is 10.6 Å². The molecule has 1 aromatic heterocycles. The molecule has 0 atom stereocenters. The zero-order chi connectivity index (χ0) is 22.7. The molecule has 0 aliphatic rings. The fourth-order valence-electron chi connectivity index (χ4n) is 3.19. The molecule has 0 fully saturated rings. The summed E-state index contributed by atoms with van der Waals surface area (Å²) in [5.41, 5.74) is 0.777. The van der Waals surface area contributed by atoms with Crippen LogP contribution in [-0.4, -0.2) is 19.6 Å². The second-order valence-corrected chi connectivity index (χ2v) is 7.60. The van der Waals surface area contributed by atoms with E-state index in [9.17, 15) is 9.59 Å². The van der Waals surface area contributed by atoms with E-state index in [-0.39, 0.29) is 32.5 Å². The molecule has 0 unspecified atom stereocenters. The maximum Gasteiger partial charge on any atom is 0.262 e. The molecular formula is C24H17Cl2NO5. The molecule has 0 saturated carbocycles. The minimum Gasteiger partial charge on any atom is -0.495 e. The van der Waals surface area contributed by atoms with Crippen LogP contribution in [0.4, 0.5) is 5.69 Å². The SMILES string of the molecule is COc1ccccc1NC(=O)COc1c(-c2ccccc2)oc2c(Cl)cc(Cl)cc2c1=O. The summed E-state index contributed by atoms with van der Waals surface area (Å²) >= 11 is 12.3. The third-order valence-electron chi connectivity index (χ3n) is 4.63. The number of hydrogen-bond acceptors (Lipinski definition) is 5. The maximum absolute atomic E-state index is 13.2. The minimum absolute atomic E-state index is 0.114. The van der Waals surface area contributed by atoms with E-state index in [2.05, 4.69) is 5.32 Å². The van der Waals surface area contributed by atoms with Gasteiger partial charge >= 0.3 is 0 Å². The van der Waals surface area contributed by atoms with Crippen molar-refractivity contribution in [1.29, 1.82) is 0 Å². The summed E-state index contributed by atoms with van der Waals surface area (Å²) in [5, 5.41) is 3.33. The predicted molar refractivity (Wildman–Crippen MR) is 125 cm³/mol. The Hall–Kier alpha value is -3.48. The number of carbonyl (C=O) groups is 1. The molecule has 1 N–H and O–H groups in total. The molecule has 32 heavy (non-hydrogen) atoms. The molecular weight excluding hydrogens is 453 g/mol. The van der Waals surface area contributed by atoms with Gasteiger partial charge in [0.1, 0.15) is 5.75 Å². The van der Waals surface area contributed by atoms with Crippen molar-refractivity contribution in [2.24, 2.45) is 0 Å². The highest BCUT2D eigenvalue weighted by molar-refractivity contribution is 6.38. The number of ether oxygens (including phenoxy) is 2. The summed E-state index contributed by atoms with van der Waals surface area (Å²) in [6.07, 6.45) is 0. The zero-order valence-electron chi connectivity index (χ0n) is 16.9. The number of carbonyl (C=O) groups excluding carboxylic acids is 1. The van der Waals surface area contributed by atoms with E-state index < -0.39 is 17.9 Å².